The van der Waals surface area contributed by atoms with E-state index in [0.717, 1.165) is 67.2 Å². The fourth-order valence-corrected chi connectivity index (χ4v) is 4.14. The number of aryl methyl sites for hydroxylation is 1. The van der Waals surface area contributed by atoms with Crippen molar-refractivity contribution in [3.05, 3.63) is 78.1 Å². The van der Waals surface area contributed by atoms with E-state index in [1.165, 1.54) is 5.56 Å². The Morgan fingerprint density at radius 2 is 1.94 bits per heavy atom. The number of amides is 1. The Bertz CT molecular complexity index is 1280. The number of hydrogen-bond donors (Lipinski definition) is 1. The van der Waals surface area contributed by atoms with Crippen molar-refractivity contribution < 1.29 is 9.53 Å². The van der Waals surface area contributed by atoms with Gasteiger partial charge < -0.3 is 10.1 Å². The van der Waals surface area contributed by atoms with E-state index < -0.39 is 0 Å². The van der Waals surface area contributed by atoms with Crippen LogP contribution in [0.3, 0.4) is 0 Å². The van der Waals surface area contributed by atoms with Gasteiger partial charge in [0.2, 0.25) is 0 Å². The maximum absolute atomic E-state index is 13.4. The number of fused-ring (bicyclic) bond motifs is 1. The zero-order valence-corrected chi connectivity index (χ0v) is 18.7. The molecule has 0 atom stereocenters. The number of nitrogens with one attached hydrogen (secondary N) is 1. The summed E-state index contributed by atoms with van der Waals surface area (Å²) in [6.07, 6.45) is 3.74. The Labute approximate surface area is 193 Å². The van der Waals surface area contributed by atoms with Crippen molar-refractivity contribution in [2.75, 3.05) is 31.6 Å². The molecular formula is C26H27N5O2. The fraction of sp³-hybridized carbons (Fsp3) is 0.269. The lowest BCUT2D eigenvalue weighted by Crippen LogP contribution is -2.35. The van der Waals surface area contributed by atoms with Gasteiger partial charge in [-0.05, 0) is 36.8 Å². The topological polar surface area (TPSA) is 72.3 Å². The molecule has 7 heteroatoms. The van der Waals surface area contributed by atoms with E-state index in [-0.39, 0.29) is 5.91 Å². The molecule has 0 saturated carbocycles. The Morgan fingerprint density at radius 3 is 2.76 bits per heavy atom. The van der Waals surface area contributed by atoms with E-state index in [2.05, 4.69) is 21.4 Å². The van der Waals surface area contributed by atoms with Crippen LogP contribution in [0.25, 0.3) is 22.2 Å². The van der Waals surface area contributed by atoms with Gasteiger partial charge in [-0.25, -0.2) is 4.98 Å². The van der Waals surface area contributed by atoms with Gasteiger partial charge in [0, 0.05) is 49.0 Å². The number of aromatic nitrogens is 3. The molecule has 1 N–H and O–H groups in total. The minimum atomic E-state index is -0.152. The number of anilines is 1. The van der Waals surface area contributed by atoms with E-state index in [1.807, 2.05) is 66.3 Å². The summed E-state index contributed by atoms with van der Waals surface area (Å²) in [5.41, 5.74) is 4.96. The number of hydrogen-bond acceptors (Lipinski definition) is 5. The van der Waals surface area contributed by atoms with Gasteiger partial charge in [-0.1, -0.05) is 30.3 Å². The summed E-state index contributed by atoms with van der Waals surface area (Å²) in [6.45, 7) is 7.05. The number of morpholine rings is 1. The second-order valence-corrected chi connectivity index (χ2v) is 8.20. The number of pyridine rings is 1. The molecule has 1 saturated heterocycles. The molecule has 1 fully saturated rings. The first-order valence-corrected chi connectivity index (χ1v) is 11.3. The third-order valence-corrected chi connectivity index (χ3v) is 5.91. The summed E-state index contributed by atoms with van der Waals surface area (Å²) >= 11 is 0. The zero-order chi connectivity index (χ0) is 22.6. The minimum absolute atomic E-state index is 0.152. The second-order valence-electron chi connectivity index (χ2n) is 8.20. The standard InChI is InChI=1S/C26H27N5O2/c1-2-31-18-20(16-27-31)25-15-23(22-8-3-4-9-24(22)29-25)26(32)28-21-7-5-6-19(14-21)17-30-10-12-33-13-11-30/h3-9,14-16,18H,2,10-13,17H2,1H3,(H,28,32). The quantitative estimate of drug-likeness (QED) is 0.485. The van der Waals surface area contributed by atoms with Crippen molar-refractivity contribution >= 4 is 22.5 Å². The van der Waals surface area contributed by atoms with Gasteiger partial charge in [-0.2, -0.15) is 5.10 Å². The van der Waals surface area contributed by atoms with E-state index in [1.54, 1.807) is 6.20 Å². The molecule has 3 heterocycles. The van der Waals surface area contributed by atoms with Crippen LogP contribution in [0.5, 0.6) is 0 Å². The summed E-state index contributed by atoms with van der Waals surface area (Å²) in [5.74, 6) is -0.152. The Balaban J connectivity index is 1.43. The number of ether oxygens (including phenoxy) is 1. The van der Waals surface area contributed by atoms with Crippen LogP contribution in [0.15, 0.2) is 67.0 Å². The molecule has 1 aliphatic rings. The lowest BCUT2D eigenvalue weighted by molar-refractivity contribution is 0.0342. The number of carbonyl (C=O) groups is 1. The van der Waals surface area contributed by atoms with Crippen LogP contribution < -0.4 is 5.32 Å². The Morgan fingerprint density at radius 1 is 1.09 bits per heavy atom. The average molecular weight is 442 g/mol. The third-order valence-electron chi connectivity index (χ3n) is 5.91. The second kappa shape index (κ2) is 9.52. The first-order chi connectivity index (χ1) is 16.2. The van der Waals surface area contributed by atoms with Crippen molar-refractivity contribution in [1.82, 2.24) is 19.7 Å². The van der Waals surface area contributed by atoms with Crippen molar-refractivity contribution in [3.8, 4) is 11.3 Å². The van der Waals surface area contributed by atoms with Crippen molar-refractivity contribution in [2.45, 2.75) is 20.0 Å². The van der Waals surface area contributed by atoms with Crippen LogP contribution in [-0.2, 0) is 17.8 Å². The Kier molecular flexibility index (Phi) is 6.15. The van der Waals surface area contributed by atoms with Gasteiger partial charge in [0.05, 0.1) is 36.2 Å². The minimum Gasteiger partial charge on any atom is -0.379 e. The van der Waals surface area contributed by atoms with Crippen molar-refractivity contribution in [1.29, 1.82) is 0 Å². The van der Waals surface area contributed by atoms with Gasteiger partial charge in [0.25, 0.3) is 5.91 Å². The maximum Gasteiger partial charge on any atom is 0.256 e. The van der Waals surface area contributed by atoms with E-state index in [9.17, 15) is 4.79 Å². The highest BCUT2D eigenvalue weighted by Gasteiger charge is 2.16. The number of rotatable bonds is 6. The first kappa shape index (κ1) is 21.3. The number of carbonyl (C=O) groups excluding carboxylic acids is 1. The highest BCUT2D eigenvalue weighted by molar-refractivity contribution is 6.13. The molecule has 2 aromatic carbocycles. The predicted molar refractivity (Wildman–Crippen MR) is 129 cm³/mol. The molecule has 0 radical (unpaired) electrons. The van der Waals surface area contributed by atoms with E-state index in [4.69, 9.17) is 9.72 Å². The lowest BCUT2D eigenvalue weighted by Gasteiger charge is -2.26. The summed E-state index contributed by atoms with van der Waals surface area (Å²) in [7, 11) is 0. The predicted octanol–water partition coefficient (Wildman–Crippen LogP) is 4.20. The van der Waals surface area contributed by atoms with E-state index in [0.29, 0.717) is 5.56 Å². The van der Waals surface area contributed by atoms with Crippen LogP contribution in [-0.4, -0.2) is 51.9 Å². The monoisotopic (exact) mass is 441 g/mol. The normalized spacial score (nSPS) is 14.5. The molecule has 2 aromatic heterocycles. The molecule has 168 valence electrons. The summed E-state index contributed by atoms with van der Waals surface area (Å²) in [4.78, 5) is 20.5. The van der Waals surface area contributed by atoms with Crippen LogP contribution >= 0.6 is 0 Å². The first-order valence-electron chi connectivity index (χ1n) is 11.3. The van der Waals surface area contributed by atoms with E-state index >= 15 is 0 Å². The number of para-hydroxylation sites is 1. The zero-order valence-electron chi connectivity index (χ0n) is 18.7. The third kappa shape index (κ3) is 4.79. The summed E-state index contributed by atoms with van der Waals surface area (Å²) in [6, 6.07) is 17.6. The molecule has 1 aliphatic heterocycles. The lowest BCUT2D eigenvalue weighted by atomic mass is 10.0. The van der Waals surface area contributed by atoms with Crippen LogP contribution in [0.4, 0.5) is 5.69 Å². The molecule has 0 aliphatic carbocycles. The molecule has 1 amide bonds. The van der Waals surface area contributed by atoms with Gasteiger partial charge >= 0.3 is 0 Å². The fourth-order valence-electron chi connectivity index (χ4n) is 4.14. The maximum atomic E-state index is 13.4. The van der Waals surface area contributed by atoms with Gasteiger partial charge in [0.15, 0.2) is 0 Å². The summed E-state index contributed by atoms with van der Waals surface area (Å²) in [5, 5.41) is 8.27. The highest BCUT2D eigenvalue weighted by Crippen LogP contribution is 2.26. The van der Waals surface area contributed by atoms with Crippen molar-refractivity contribution in [3.63, 3.8) is 0 Å². The molecule has 0 spiro atoms. The molecule has 0 bridgehead atoms. The largest absolute Gasteiger partial charge is 0.379 e. The smallest absolute Gasteiger partial charge is 0.256 e. The molecule has 0 unspecified atom stereocenters. The van der Waals surface area contributed by atoms with Gasteiger partial charge in [-0.15, -0.1) is 0 Å². The molecule has 33 heavy (non-hydrogen) atoms. The SMILES string of the molecule is CCn1cc(-c2cc(C(=O)Nc3cccc(CN4CCOCC4)c3)c3ccccc3n2)cn1. The van der Waals surface area contributed by atoms with Crippen LogP contribution in [0.2, 0.25) is 0 Å². The summed E-state index contributed by atoms with van der Waals surface area (Å²) < 4.78 is 7.29. The van der Waals surface area contributed by atoms with Crippen molar-refractivity contribution in [2.24, 2.45) is 0 Å². The number of benzene rings is 2. The Hall–Kier alpha value is -3.55. The number of nitrogens with zero attached hydrogens (tertiary/aromatic N) is 4. The molecule has 7 nitrogen and oxygen atoms in total. The van der Waals surface area contributed by atoms with Crippen LogP contribution in [0.1, 0.15) is 22.8 Å². The highest BCUT2D eigenvalue weighted by atomic mass is 16.5. The van der Waals surface area contributed by atoms with Crippen LogP contribution in [0, 0.1) is 0 Å². The average Bonchev–Trinajstić information content (AvgIpc) is 3.34. The molecular weight excluding hydrogens is 414 g/mol. The molecule has 5 rings (SSSR count). The van der Waals surface area contributed by atoms with Gasteiger partial charge in [0.1, 0.15) is 0 Å². The van der Waals surface area contributed by atoms with Gasteiger partial charge in [-0.3, -0.25) is 14.4 Å². The molecule has 4 aromatic rings.